The molecule has 0 aliphatic heterocycles. The maximum Gasteiger partial charge on any atom is 0.255 e. The van der Waals surface area contributed by atoms with Crippen molar-refractivity contribution in [3.8, 4) is 5.69 Å². The number of carbonyl (C=O) groups excluding carboxylic acids is 2. The highest BCUT2D eigenvalue weighted by molar-refractivity contribution is 5.97. The molecule has 6 nitrogen and oxygen atoms in total. The molecule has 0 saturated carbocycles. The molecule has 0 aliphatic carbocycles. The first-order chi connectivity index (χ1) is 11.6. The summed E-state index contributed by atoms with van der Waals surface area (Å²) in [4.78, 5) is 24.0. The third-order valence-electron chi connectivity index (χ3n) is 3.71. The smallest absolute Gasteiger partial charge is 0.255 e. The van der Waals surface area contributed by atoms with Crippen LogP contribution in [-0.4, -0.2) is 34.7 Å². The third kappa shape index (κ3) is 4.22. The summed E-state index contributed by atoms with van der Waals surface area (Å²) in [6.07, 6.45) is 3.08. The lowest BCUT2D eigenvalue weighted by atomic mass is 10.1. The van der Waals surface area contributed by atoms with Crippen molar-refractivity contribution in [3.63, 3.8) is 0 Å². The van der Waals surface area contributed by atoms with Crippen molar-refractivity contribution in [3.05, 3.63) is 47.3 Å². The Kier molecular flexibility index (Phi) is 6.12. The molecule has 0 unspecified atom stereocenters. The van der Waals surface area contributed by atoms with E-state index in [4.69, 9.17) is 0 Å². The fourth-order valence-electron chi connectivity index (χ4n) is 2.39. The van der Waals surface area contributed by atoms with E-state index in [1.54, 1.807) is 10.9 Å². The zero-order valence-electron chi connectivity index (χ0n) is 14.4. The lowest BCUT2D eigenvalue weighted by Crippen LogP contribution is -2.37. The van der Waals surface area contributed by atoms with E-state index in [-0.39, 0.29) is 18.4 Å². The van der Waals surface area contributed by atoms with Gasteiger partial charge in [-0.05, 0) is 31.9 Å². The Hall–Kier alpha value is -2.63. The molecule has 0 fully saturated rings. The van der Waals surface area contributed by atoms with Crippen LogP contribution in [-0.2, 0) is 11.2 Å². The zero-order valence-corrected chi connectivity index (χ0v) is 14.4. The number of aromatic nitrogens is 2. The van der Waals surface area contributed by atoms with Gasteiger partial charge in [-0.2, -0.15) is 5.10 Å². The van der Waals surface area contributed by atoms with Crippen LogP contribution in [0.5, 0.6) is 0 Å². The SMILES string of the molecule is CCCNC(=O)CNC(=O)c1cnn(-c2ccc(C)cc2)c1CC. The highest BCUT2D eigenvalue weighted by Gasteiger charge is 2.17. The second-order valence-electron chi connectivity index (χ2n) is 5.64. The fourth-order valence-corrected chi connectivity index (χ4v) is 2.39. The van der Waals surface area contributed by atoms with E-state index >= 15 is 0 Å². The highest BCUT2D eigenvalue weighted by Crippen LogP contribution is 2.16. The van der Waals surface area contributed by atoms with Crippen LogP contribution in [0.4, 0.5) is 0 Å². The molecular formula is C18H24N4O2. The first kappa shape index (κ1) is 17.7. The normalized spacial score (nSPS) is 10.5. The van der Waals surface area contributed by atoms with Gasteiger partial charge in [0.05, 0.1) is 29.7 Å². The number of rotatable bonds is 7. The van der Waals surface area contributed by atoms with E-state index in [0.29, 0.717) is 18.5 Å². The Morgan fingerprint density at radius 2 is 1.83 bits per heavy atom. The summed E-state index contributed by atoms with van der Waals surface area (Å²) in [5.41, 5.74) is 3.41. The van der Waals surface area contributed by atoms with Gasteiger partial charge in [0.15, 0.2) is 0 Å². The molecule has 24 heavy (non-hydrogen) atoms. The second kappa shape index (κ2) is 8.29. The number of aryl methyl sites for hydroxylation is 1. The van der Waals surface area contributed by atoms with Gasteiger partial charge in [0.2, 0.25) is 5.91 Å². The van der Waals surface area contributed by atoms with Gasteiger partial charge < -0.3 is 10.6 Å². The van der Waals surface area contributed by atoms with Crippen LogP contribution in [0.3, 0.4) is 0 Å². The van der Waals surface area contributed by atoms with Crippen LogP contribution in [0.2, 0.25) is 0 Å². The summed E-state index contributed by atoms with van der Waals surface area (Å²) < 4.78 is 1.77. The molecule has 2 amide bonds. The van der Waals surface area contributed by atoms with Crippen LogP contribution in [0.25, 0.3) is 5.69 Å². The highest BCUT2D eigenvalue weighted by atomic mass is 16.2. The number of benzene rings is 1. The molecule has 2 aromatic rings. The maximum atomic E-state index is 12.4. The Morgan fingerprint density at radius 3 is 2.46 bits per heavy atom. The van der Waals surface area contributed by atoms with Crippen molar-refractivity contribution in [1.82, 2.24) is 20.4 Å². The number of hydrogen-bond donors (Lipinski definition) is 2. The van der Waals surface area contributed by atoms with Crippen molar-refractivity contribution >= 4 is 11.8 Å². The van der Waals surface area contributed by atoms with Crippen LogP contribution in [0.1, 0.15) is 41.9 Å². The van der Waals surface area contributed by atoms with Gasteiger partial charge in [-0.25, -0.2) is 4.68 Å². The lowest BCUT2D eigenvalue weighted by molar-refractivity contribution is -0.120. The number of amides is 2. The van der Waals surface area contributed by atoms with E-state index in [9.17, 15) is 9.59 Å². The minimum absolute atomic E-state index is 0.0301. The molecule has 0 atom stereocenters. The van der Waals surface area contributed by atoms with Crippen LogP contribution in [0, 0.1) is 6.92 Å². The summed E-state index contributed by atoms with van der Waals surface area (Å²) in [5, 5.41) is 9.72. The molecule has 0 aliphatic rings. The molecule has 6 heteroatoms. The Morgan fingerprint density at radius 1 is 1.12 bits per heavy atom. The van der Waals surface area contributed by atoms with Crippen molar-refractivity contribution in [1.29, 1.82) is 0 Å². The van der Waals surface area contributed by atoms with Gasteiger partial charge in [-0.1, -0.05) is 31.5 Å². The quantitative estimate of drug-likeness (QED) is 0.816. The minimum Gasteiger partial charge on any atom is -0.355 e. The monoisotopic (exact) mass is 328 g/mol. The van der Waals surface area contributed by atoms with Gasteiger partial charge in [-0.3, -0.25) is 9.59 Å². The third-order valence-corrected chi connectivity index (χ3v) is 3.71. The number of nitrogens with one attached hydrogen (secondary N) is 2. The van der Waals surface area contributed by atoms with Gasteiger partial charge in [0.1, 0.15) is 0 Å². The predicted octanol–water partition coefficient (Wildman–Crippen LogP) is 2.00. The topological polar surface area (TPSA) is 76.0 Å². The van der Waals surface area contributed by atoms with Crippen molar-refractivity contribution in [2.75, 3.05) is 13.1 Å². The Labute approximate surface area is 142 Å². The molecule has 128 valence electrons. The second-order valence-corrected chi connectivity index (χ2v) is 5.64. The standard InChI is InChI=1S/C18H24N4O2/c1-4-10-19-17(23)12-20-18(24)15-11-21-22(16(15)5-2)14-8-6-13(3)7-9-14/h6-9,11H,4-5,10,12H2,1-3H3,(H,19,23)(H,20,24). The van der Waals surface area contributed by atoms with Gasteiger partial charge in [0, 0.05) is 6.54 Å². The molecule has 0 radical (unpaired) electrons. The average molecular weight is 328 g/mol. The number of carbonyl (C=O) groups is 2. The van der Waals surface area contributed by atoms with Gasteiger partial charge >= 0.3 is 0 Å². The largest absolute Gasteiger partial charge is 0.355 e. The van der Waals surface area contributed by atoms with E-state index in [0.717, 1.165) is 17.8 Å². The molecule has 1 aromatic carbocycles. The van der Waals surface area contributed by atoms with E-state index < -0.39 is 0 Å². The van der Waals surface area contributed by atoms with Crippen molar-refractivity contribution < 1.29 is 9.59 Å². The molecule has 2 N–H and O–H groups in total. The van der Waals surface area contributed by atoms with Gasteiger partial charge in [0.25, 0.3) is 5.91 Å². The lowest BCUT2D eigenvalue weighted by Gasteiger charge is -2.09. The summed E-state index contributed by atoms with van der Waals surface area (Å²) in [7, 11) is 0. The minimum atomic E-state index is -0.281. The van der Waals surface area contributed by atoms with Crippen molar-refractivity contribution in [2.45, 2.75) is 33.6 Å². The number of nitrogens with zero attached hydrogens (tertiary/aromatic N) is 2. The van der Waals surface area contributed by atoms with Crippen molar-refractivity contribution in [2.24, 2.45) is 0 Å². The number of hydrogen-bond acceptors (Lipinski definition) is 3. The zero-order chi connectivity index (χ0) is 17.5. The van der Waals surface area contributed by atoms with E-state index in [1.165, 1.54) is 5.56 Å². The van der Waals surface area contributed by atoms with Crippen LogP contribution in [0.15, 0.2) is 30.5 Å². The van der Waals surface area contributed by atoms with Crippen LogP contribution < -0.4 is 10.6 Å². The summed E-state index contributed by atoms with van der Waals surface area (Å²) in [6, 6.07) is 7.96. The van der Waals surface area contributed by atoms with E-state index in [2.05, 4.69) is 15.7 Å². The fraction of sp³-hybridized carbons (Fsp3) is 0.389. The van der Waals surface area contributed by atoms with E-state index in [1.807, 2.05) is 45.0 Å². The molecule has 0 saturated heterocycles. The van der Waals surface area contributed by atoms with Crippen LogP contribution >= 0.6 is 0 Å². The summed E-state index contributed by atoms with van der Waals surface area (Å²) in [6.45, 7) is 6.56. The first-order valence-corrected chi connectivity index (χ1v) is 8.25. The summed E-state index contributed by atoms with van der Waals surface area (Å²) in [5.74, 6) is -0.467. The maximum absolute atomic E-state index is 12.4. The first-order valence-electron chi connectivity index (χ1n) is 8.25. The molecule has 0 bridgehead atoms. The molecule has 1 aromatic heterocycles. The Balaban J connectivity index is 2.12. The summed E-state index contributed by atoms with van der Waals surface area (Å²) >= 11 is 0. The average Bonchev–Trinajstić information content (AvgIpc) is 3.02. The Bertz CT molecular complexity index is 704. The predicted molar refractivity (Wildman–Crippen MR) is 93.3 cm³/mol. The van der Waals surface area contributed by atoms with Gasteiger partial charge in [-0.15, -0.1) is 0 Å². The molecule has 0 spiro atoms. The molecule has 1 heterocycles. The molecule has 2 rings (SSSR count). The molecular weight excluding hydrogens is 304 g/mol.